The molecule has 1 N–H and O–H groups in total. The maximum absolute atomic E-state index is 13.1. The number of hydrogen-bond donors (Lipinski definition) is 1. The molecule has 0 bridgehead atoms. The number of para-hydroxylation sites is 2. The molecule has 8 nitrogen and oxygen atoms in total. The van der Waals surface area contributed by atoms with Crippen molar-refractivity contribution in [1.29, 1.82) is 0 Å². The Labute approximate surface area is 220 Å². The molecule has 0 saturated carbocycles. The van der Waals surface area contributed by atoms with E-state index < -0.39 is 12.2 Å². The summed E-state index contributed by atoms with van der Waals surface area (Å²) in [6, 6.07) is 31.5. The Morgan fingerprint density at radius 1 is 0.579 bits per heavy atom. The van der Waals surface area contributed by atoms with Gasteiger partial charge < -0.3 is 24.4 Å². The van der Waals surface area contributed by atoms with E-state index in [0.717, 1.165) is 42.5 Å². The van der Waals surface area contributed by atoms with Crippen molar-refractivity contribution >= 4 is 29.2 Å². The van der Waals surface area contributed by atoms with Crippen molar-refractivity contribution in [3.8, 4) is 17.2 Å². The first-order chi connectivity index (χ1) is 18.6. The Kier molecular flexibility index (Phi) is 7.40. The Balaban J connectivity index is 1.30. The van der Waals surface area contributed by atoms with E-state index in [1.54, 1.807) is 72.8 Å². The SMILES string of the molecule is O=C(Oc1ccccc1)N(C(=O)Oc1ccccc1)c1ccc(N2CCN(c3ccc(O)cc3)CC2)cc1. The highest BCUT2D eigenvalue weighted by molar-refractivity contribution is 6.10. The summed E-state index contributed by atoms with van der Waals surface area (Å²) in [6.45, 7) is 3.25. The highest BCUT2D eigenvalue weighted by Gasteiger charge is 2.28. The van der Waals surface area contributed by atoms with Gasteiger partial charge in [-0.15, -0.1) is 0 Å². The highest BCUT2D eigenvalue weighted by atomic mass is 16.6. The third-order valence-corrected chi connectivity index (χ3v) is 6.23. The van der Waals surface area contributed by atoms with Crippen LogP contribution in [0.4, 0.5) is 26.7 Å². The molecule has 1 aliphatic heterocycles. The summed E-state index contributed by atoms with van der Waals surface area (Å²) in [4.78, 5) is 31.6. The lowest BCUT2D eigenvalue weighted by atomic mass is 10.2. The predicted octanol–water partition coefficient (Wildman–Crippen LogP) is 5.92. The average molecular weight is 510 g/mol. The maximum Gasteiger partial charge on any atom is 0.429 e. The number of phenols is 1. The van der Waals surface area contributed by atoms with Gasteiger partial charge in [-0.2, -0.15) is 4.90 Å². The molecule has 0 atom stereocenters. The number of benzene rings is 4. The molecule has 4 aromatic rings. The molecule has 2 amide bonds. The van der Waals surface area contributed by atoms with E-state index in [0.29, 0.717) is 17.2 Å². The van der Waals surface area contributed by atoms with E-state index in [9.17, 15) is 14.7 Å². The van der Waals surface area contributed by atoms with Gasteiger partial charge in [0.1, 0.15) is 17.2 Å². The van der Waals surface area contributed by atoms with Crippen LogP contribution in [0, 0.1) is 0 Å². The minimum absolute atomic E-state index is 0.252. The lowest BCUT2D eigenvalue weighted by molar-refractivity contribution is 0.191. The van der Waals surface area contributed by atoms with Crippen LogP contribution in [0.2, 0.25) is 0 Å². The minimum atomic E-state index is -0.868. The molecule has 0 radical (unpaired) electrons. The number of nitrogens with zero attached hydrogens (tertiary/aromatic N) is 3. The first-order valence-electron chi connectivity index (χ1n) is 12.3. The van der Waals surface area contributed by atoms with Crippen molar-refractivity contribution in [3.63, 3.8) is 0 Å². The second-order valence-corrected chi connectivity index (χ2v) is 8.70. The number of rotatable bonds is 5. The van der Waals surface area contributed by atoms with Crippen LogP contribution < -0.4 is 24.2 Å². The first kappa shape index (κ1) is 24.7. The number of phenolic OH excluding ortho intramolecular Hbond substituents is 1. The van der Waals surface area contributed by atoms with Gasteiger partial charge >= 0.3 is 12.2 Å². The number of aromatic hydroxyl groups is 1. The summed E-state index contributed by atoms with van der Waals surface area (Å²) in [7, 11) is 0. The van der Waals surface area contributed by atoms with E-state index in [4.69, 9.17) is 9.47 Å². The van der Waals surface area contributed by atoms with Crippen molar-refractivity contribution in [3.05, 3.63) is 109 Å². The smallest absolute Gasteiger partial charge is 0.429 e. The van der Waals surface area contributed by atoms with Crippen molar-refractivity contribution in [2.75, 3.05) is 40.9 Å². The number of piperazine rings is 1. The van der Waals surface area contributed by atoms with Crippen LogP contribution in [0.3, 0.4) is 0 Å². The molecule has 1 aliphatic rings. The third-order valence-electron chi connectivity index (χ3n) is 6.23. The van der Waals surface area contributed by atoms with Crippen molar-refractivity contribution < 1.29 is 24.2 Å². The van der Waals surface area contributed by atoms with Crippen LogP contribution >= 0.6 is 0 Å². The van der Waals surface area contributed by atoms with Crippen LogP contribution in [0.15, 0.2) is 109 Å². The normalized spacial score (nSPS) is 13.1. The van der Waals surface area contributed by atoms with E-state index >= 15 is 0 Å². The van der Waals surface area contributed by atoms with Crippen LogP contribution in [0.25, 0.3) is 0 Å². The molecule has 5 rings (SSSR count). The van der Waals surface area contributed by atoms with Gasteiger partial charge in [-0.05, 0) is 72.8 Å². The minimum Gasteiger partial charge on any atom is -0.508 e. The van der Waals surface area contributed by atoms with E-state index in [1.165, 1.54) is 0 Å². The lowest BCUT2D eigenvalue weighted by Crippen LogP contribution is -2.46. The number of hydrogen-bond acceptors (Lipinski definition) is 7. The van der Waals surface area contributed by atoms with Crippen molar-refractivity contribution in [2.24, 2.45) is 0 Å². The van der Waals surface area contributed by atoms with Gasteiger partial charge in [-0.1, -0.05) is 36.4 Å². The molecular weight excluding hydrogens is 482 g/mol. The first-order valence-corrected chi connectivity index (χ1v) is 12.3. The highest BCUT2D eigenvalue weighted by Crippen LogP contribution is 2.26. The fourth-order valence-electron chi connectivity index (χ4n) is 4.25. The second kappa shape index (κ2) is 11.4. The van der Waals surface area contributed by atoms with Crippen molar-refractivity contribution in [2.45, 2.75) is 0 Å². The van der Waals surface area contributed by atoms with Gasteiger partial charge in [-0.25, -0.2) is 9.59 Å². The summed E-state index contributed by atoms with van der Waals surface area (Å²) >= 11 is 0. The Hall–Kier alpha value is -4.98. The molecule has 0 spiro atoms. The third kappa shape index (κ3) is 5.87. The van der Waals surface area contributed by atoms with Gasteiger partial charge in [0.15, 0.2) is 0 Å². The molecule has 0 aliphatic carbocycles. The van der Waals surface area contributed by atoms with Gasteiger partial charge in [0.25, 0.3) is 0 Å². The fraction of sp³-hybridized carbons (Fsp3) is 0.133. The molecule has 1 saturated heterocycles. The molecule has 38 heavy (non-hydrogen) atoms. The van der Waals surface area contributed by atoms with Crippen LogP contribution in [-0.4, -0.2) is 43.5 Å². The zero-order valence-corrected chi connectivity index (χ0v) is 20.6. The van der Waals surface area contributed by atoms with Crippen LogP contribution in [-0.2, 0) is 0 Å². The molecule has 1 heterocycles. The molecule has 1 fully saturated rings. The Bertz CT molecular complexity index is 1300. The zero-order chi connectivity index (χ0) is 26.3. The summed E-state index contributed by atoms with van der Waals surface area (Å²) < 4.78 is 10.9. The van der Waals surface area contributed by atoms with E-state index in [2.05, 4.69) is 9.80 Å². The molecule has 8 heteroatoms. The van der Waals surface area contributed by atoms with Gasteiger partial charge in [0.2, 0.25) is 0 Å². The number of carbonyl (C=O) groups is 2. The molecule has 192 valence electrons. The summed E-state index contributed by atoms with van der Waals surface area (Å²) in [5.74, 6) is 0.887. The number of amides is 2. The molecule has 0 aromatic heterocycles. The fourth-order valence-corrected chi connectivity index (χ4v) is 4.25. The largest absolute Gasteiger partial charge is 0.508 e. The summed E-state index contributed by atoms with van der Waals surface area (Å²) in [5, 5.41) is 9.54. The average Bonchev–Trinajstić information content (AvgIpc) is 2.95. The zero-order valence-electron chi connectivity index (χ0n) is 20.6. The van der Waals surface area contributed by atoms with E-state index in [-0.39, 0.29) is 5.75 Å². The summed E-state index contributed by atoms with van der Waals surface area (Å²) in [5.41, 5.74) is 2.38. The second-order valence-electron chi connectivity index (χ2n) is 8.70. The topological polar surface area (TPSA) is 82.6 Å². The van der Waals surface area contributed by atoms with E-state index in [1.807, 2.05) is 36.4 Å². The summed E-state index contributed by atoms with van der Waals surface area (Å²) in [6.07, 6.45) is -1.74. The number of anilines is 3. The monoisotopic (exact) mass is 509 g/mol. The quantitative estimate of drug-likeness (QED) is 0.357. The van der Waals surface area contributed by atoms with Crippen LogP contribution in [0.5, 0.6) is 17.2 Å². The standard InChI is InChI=1S/C30H27N3O5/c34-26-17-15-24(16-18-26)32-21-19-31(20-22-32)23-11-13-25(14-12-23)33(29(35)37-27-7-3-1-4-8-27)30(36)38-28-9-5-2-6-10-28/h1-18,34H,19-22H2. The van der Waals surface area contributed by atoms with Gasteiger partial charge in [0, 0.05) is 37.6 Å². The molecule has 0 unspecified atom stereocenters. The predicted molar refractivity (Wildman–Crippen MR) is 146 cm³/mol. The van der Waals surface area contributed by atoms with Crippen LogP contribution in [0.1, 0.15) is 0 Å². The molecular formula is C30H27N3O5. The molecule has 4 aromatic carbocycles. The Morgan fingerprint density at radius 3 is 1.39 bits per heavy atom. The van der Waals surface area contributed by atoms with Crippen molar-refractivity contribution in [1.82, 2.24) is 0 Å². The van der Waals surface area contributed by atoms with Gasteiger partial charge in [-0.3, -0.25) is 0 Å². The maximum atomic E-state index is 13.1. The lowest BCUT2D eigenvalue weighted by Gasteiger charge is -2.37. The number of carbonyl (C=O) groups excluding carboxylic acids is 2. The Morgan fingerprint density at radius 2 is 0.974 bits per heavy atom. The van der Waals surface area contributed by atoms with Gasteiger partial charge in [0.05, 0.1) is 5.69 Å². The number of imide groups is 1. The number of ether oxygens (including phenoxy) is 2.